The predicted octanol–water partition coefficient (Wildman–Crippen LogP) is 3.47. The van der Waals surface area contributed by atoms with Crippen molar-refractivity contribution in [3.63, 3.8) is 0 Å². The van der Waals surface area contributed by atoms with Crippen molar-refractivity contribution < 1.29 is 13.2 Å². The average Bonchev–Trinajstić information content (AvgIpc) is 3.33. The Morgan fingerprint density at radius 3 is 2.47 bits per heavy atom. The molecular formula is C23H25N3O3S. The zero-order chi connectivity index (χ0) is 21.0. The van der Waals surface area contributed by atoms with Gasteiger partial charge in [0.25, 0.3) is 5.91 Å². The molecule has 0 radical (unpaired) electrons. The van der Waals surface area contributed by atoms with Gasteiger partial charge in [0.2, 0.25) is 10.0 Å². The molecule has 4 rings (SSSR count). The van der Waals surface area contributed by atoms with Crippen molar-refractivity contribution in [1.82, 2.24) is 9.62 Å². The van der Waals surface area contributed by atoms with Gasteiger partial charge in [0.15, 0.2) is 0 Å². The lowest BCUT2D eigenvalue weighted by Crippen LogP contribution is -2.30. The molecule has 7 heteroatoms. The summed E-state index contributed by atoms with van der Waals surface area (Å²) in [5, 5.41) is 8.49. The van der Waals surface area contributed by atoms with Crippen molar-refractivity contribution in [1.29, 1.82) is 0 Å². The standard InChI is InChI=1S/C23H25N3O3S/c27-23(19-9-5-10-20(17-19)30(28,29)26-15-3-4-16-26)25-14-13-24-22-12-6-8-18-7-1-2-11-21(18)22/h1-2,5-12,17,24H,3-4,13-16H2,(H,25,27). The van der Waals surface area contributed by atoms with E-state index in [1.807, 2.05) is 24.3 Å². The van der Waals surface area contributed by atoms with Crippen LogP contribution in [0.2, 0.25) is 0 Å². The first-order valence-corrected chi connectivity index (χ1v) is 11.6. The Bertz CT molecular complexity index is 1150. The van der Waals surface area contributed by atoms with Crippen LogP contribution in [0.15, 0.2) is 71.6 Å². The maximum Gasteiger partial charge on any atom is 0.251 e. The maximum atomic E-state index is 12.7. The zero-order valence-electron chi connectivity index (χ0n) is 16.7. The number of carbonyl (C=O) groups excluding carboxylic acids is 1. The molecule has 1 aliphatic rings. The van der Waals surface area contributed by atoms with Crippen LogP contribution in [0, 0.1) is 0 Å². The predicted molar refractivity (Wildman–Crippen MR) is 119 cm³/mol. The van der Waals surface area contributed by atoms with Crippen molar-refractivity contribution in [2.75, 3.05) is 31.5 Å². The van der Waals surface area contributed by atoms with Crippen LogP contribution in [0.5, 0.6) is 0 Å². The number of amides is 1. The molecule has 0 aliphatic carbocycles. The molecule has 30 heavy (non-hydrogen) atoms. The fourth-order valence-electron chi connectivity index (χ4n) is 3.73. The second kappa shape index (κ2) is 8.85. The van der Waals surface area contributed by atoms with Gasteiger partial charge in [0, 0.05) is 42.8 Å². The topological polar surface area (TPSA) is 78.5 Å². The van der Waals surface area contributed by atoms with Crippen LogP contribution in [-0.4, -0.2) is 44.8 Å². The Balaban J connectivity index is 1.36. The molecule has 2 N–H and O–H groups in total. The van der Waals surface area contributed by atoms with E-state index in [-0.39, 0.29) is 10.8 Å². The first-order chi connectivity index (χ1) is 14.6. The van der Waals surface area contributed by atoms with Crippen LogP contribution in [0.1, 0.15) is 23.2 Å². The van der Waals surface area contributed by atoms with Crippen LogP contribution >= 0.6 is 0 Å². The molecule has 1 heterocycles. The number of sulfonamides is 1. The van der Waals surface area contributed by atoms with Crippen molar-refractivity contribution in [2.24, 2.45) is 0 Å². The van der Waals surface area contributed by atoms with Crippen molar-refractivity contribution in [3.05, 3.63) is 72.3 Å². The third-order valence-corrected chi connectivity index (χ3v) is 7.21. The molecule has 156 valence electrons. The molecule has 0 spiro atoms. The number of anilines is 1. The van der Waals surface area contributed by atoms with Crippen molar-refractivity contribution in [2.45, 2.75) is 17.7 Å². The van der Waals surface area contributed by atoms with E-state index in [1.54, 1.807) is 18.2 Å². The van der Waals surface area contributed by atoms with Gasteiger partial charge in [-0.15, -0.1) is 0 Å². The highest BCUT2D eigenvalue weighted by Crippen LogP contribution is 2.23. The van der Waals surface area contributed by atoms with Gasteiger partial charge < -0.3 is 10.6 Å². The van der Waals surface area contributed by atoms with E-state index in [0.29, 0.717) is 31.7 Å². The second-order valence-electron chi connectivity index (χ2n) is 7.35. The Labute approximate surface area is 177 Å². The fourth-order valence-corrected chi connectivity index (χ4v) is 5.29. The average molecular weight is 424 g/mol. The summed E-state index contributed by atoms with van der Waals surface area (Å²) in [7, 11) is -3.54. The second-order valence-corrected chi connectivity index (χ2v) is 9.29. The highest BCUT2D eigenvalue weighted by molar-refractivity contribution is 7.89. The minimum atomic E-state index is -3.54. The van der Waals surface area contributed by atoms with Crippen molar-refractivity contribution >= 4 is 32.4 Å². The highest BCUT2D eigenvalue weighted by Gasteiger charge is 2.27. The van der Waals surface area contributed by atoms with E-state index in [1.165, 1.54) is 10.4 Å². The summed E-state index contributed by atoms with van der Waals surface area (Å²) in [5.74, 6) is -0.284. The molecule has 0 aromatic heterocycles. The minimum Gasteiger partial charge on any atom is -0.383 e. The molecule has 1 aliphatic heterocycles. The number of rotatable bonds is 7. The van der Waals surface area contributed by atoms with Gasteiger partial charge in [0.05, 0.1) is 4.90 Å². The number of benzene rings is 3. The summed E-state index contributed by atoms with van der Waals surface area (Å²) >= 11 is 0. The van der Waals surface area contributed by atoms with Crippen LogP contribution in [0.4, 0.5) is 5.69 Å². The summed E-state index contributed by atoms with van der Waals surface area (Å²) in [4.78, 5) is 12.7. The number of hydrogen-bond donors (Lipinski definition) is 2. The first-order valence-electron chi connectivity index (χ1n) is 10.2. The summed E-state index contributed by atoms with van der Waals surface area (Å²) in [6.07, 6.45) is 1.76. The highest BCUT2D eigenvalue weighted by atomic mass is 32.2. The molecule has 0 atom stereocenters. The number of nitrogens with zero attached hydrogens (tertiary/aromatic N) is 1. The van der Waals surface area contributed by atoms with E-state index in [0.717, 1.165) is 29.3 Å². The number of carbonyl (C=O) groups is 1. The van der Waals surface area contributed by atoms with Crippen LogP contribution < -0.4 is 10.6 Å². The van der Waals surface area contributed by atoms with Crippen LogP contribution in [-0.2, 0) is 10.0 Å². The summed E-state index contributed by atoms with van der Waals surface area (Å²) in [6, 6.07) is 20.4. The molecule has 3 aromatic rings. The SMILES string of the molecule is O=C(NCCNc1cccc2ccccc12)c1cccc(S(=O)(=O)N2CCCC2)c1. The maximum absolute atomic E-state index is 12.7. The Hall–Kier alpha value is -2.90. The Morgan fingerprint density at radius 2 is 1.63 bits per heavy atom. The van der Waals surface area contributed by atoms with E-state index < -0.39 is 10.0 Å². The third kappa shape index (κ3) is 4.32. The molecule has 3 aromatic carbocycles. The number of nitrogens with one attached hydrogen (secondary N) is 2. The van der Waals surface area contributed by atoms with Gasteiger partial charge in [0.1, 0.15) is 0 Å². The first kappa shape index (κ1) is 20.4. The van der Waals surface area contributed by atoms with Gasteiger partial charge in [-0.3, -0.25) is 4.79 Å². The molecule has 1 fully saturated rings. The molecule has 1 saturated heterocycles. The summed E-state index contributed by atoms with van der Waals surface area (Å²) in [5.41, 5.74) is 1.36. The monoisotopic (exact) mass is 423 g/mol. The van der Waals surface area contributed by atoms with Crippen LogP contribution in [0.3, 0.4) is 0 Å². The molecule has 0 saturated carbocycles. The van der Waals surface area contributed by atoms with Gasteiger partial charge in [-0.05, 0) is 42.5 Å². The fraction of sp³-hybridized carbons (Fsp3) is 0.261. The van der Waals surface area contributed by atoms with Gasteiger partial charge in [-0.2, -0.15) is 4.31 Å². The van der Waals surface area contributed by atoms with Crippen molar-refractivity contribution in [3.8, 4) is 0 Å². The lowest BCUT2D eigenvalue weighted by atomic mass is 10.1. The largest absolute Gasteiger partial charge is 0.383 e. The zero-order valence-corrected chi connectivity index (χ0v) is 17.5. The third-order valence-electron chi connectivity index (χ3n) is 5.31. The summed E-state index contributed by atoms with van der Waals surface area (Å²) in [6.45, 7) is 2.06. The van der Waals surface area contributed by atoms with Gasteiger partial charge in [-0.25, -0.2) is 8.42 Å². The van der Waals surface area contributed by atoms with E-state index in [9.17, 15) is 13.2 Å². The number of hydrogen-bond acceptors (Lipinski definition) is 4. The Kier molecular flexibility index (Phi) is 6.01. The van der Waals surface area contributed by atoms with E-state index in [2.05, 4.69) is 28.8 Å². The van der Waals surface area contributed by atoms with E-state index in [4.69, 9.17) is 0 Å². The number of fused-ring (bicyclic) bond motifs is 1. The molecule has 1 amide bonds. The molecule has 0 unspecified atom stereocenters. The molecule has 0 bridgehead atoms. The smallest absolute Gasteiger partial charge is 0.251 e. The lowest BCUT2D eigenvalue weighted by Gasteiger charge is -2.16. The van der Waals surface area contributed by atoms with Gasteiger partial charge in [-0.1, -0.05) is 42.5 Å². The van der Waals surface area contributed by atoms with E-state index >= 15 is 0 Å². The minimum absolute atomic E-state index is 0.172. The Morgan fingerprint density at radius 1 is 0.900 bits per heavy atom. The molecular weight excluding hydrogens is 398 g/mol. The summed E-state index contributed by atoms with van der Waals surface area (Å²) < 4.78 is 26.9. The van der Waals surface area contributed by atoms with Crippen LogP contribution in [0.25, 0.3) is 10.8 Å². The molecule has 6 nitrogen and oxygen atoms in total. The van der Waals surface area contributed by atoms with Gasteiger partial charge >= 0.3 is 0 Å². The normalized spacial score (nSPS) is 14.7. The quantitative estimate of drug-likeness (QED) is 0.571. The lowest BCUT2D eigenvalue weighted by molar-refractivity contribution is 0.0955.